The van der Waals surface area contributed by atoms with Crippen LogP contribution in [0.25, 0.3) is 0 Å². The summed E-state index contributed by atoms with van der Waals surface area (Å²) in [4.78, 5) is 12.1. The van der Waals surface area contributed by atoms with Crippen molar-refractivity contribution in [3.63, 3.8) is 0 Å². The van der Waals surface area contributed by atoms with Crippen LogP contribution in [0.1, 0.15) is 44.7 Å². The van der Waals surface area contributed by atoms with Gasteiger partial charge in [-0.2, -0.15) is 0 Å². The minimum Gasteiger partial charge on any atom is -0.481 e. The minimum absolute atomic E-state index is 0.0219. The Morgan fingerprint density at radius 1 is 1.25 bits per heavy atom. The lowest BCUT2D eigenvalue weighted by Gasteiger charge is -2.18. The molecule has 3 nitrogen and oxygen atoms in total. The molecule has 0 saturated carbocycles. The molecule has 1 atom stereocenters. The van der Waals surface area contributed by atoms with Crippen molar-refractivity contribution in [2.24, 2.45) is 5.92 Å². The molecule has 1 aromatic rings. The minimum atomic E-state index is -0.413. The van der Waals surface area contributed by atoms with Gasteiger partial charge in [-0.1, -0.05) is 26.8 Å². The van der Waals surface area contributed by atoms with Gasteiger partial charge in [-0.25, -0.2) is 0 Å². The van der Waals surface area contributed by atoms with Gasteiger partial charge in [0.05, 0.1) is 0 Å². The van der Waals surface area contributed by atoms with E-state index in [1.165, 1.54) is 11.1 Å². The molecule has 0 fully saturated rings. The maximum atomic E-state index is 12.1. The van der Waals surface area contributed by atoms with E-state index in [1.807, 2.05) is 32.0 Å². The second-order valence-corrected chi connectivity index (χ2v) is 5.73. The standard InChI is InChI=1S/C17H27NO2/c1-6-16(17(19)18-10-9-12(2)3)20-15-8-7-13(4)14(5)11-15/h7-8,11-12,16H,6,9-10H2,1-5H3,(H,18,19)/t16-/m1/s1. The number of benzene rings is 1. The van der Waals surface area contributed by atoms with Gasteiger partial charge < -0.3 is 10.1 Å². The van der Waals surface area contributed by atoms with Crippen molar-refractivity contribution in [2.45, 2.75) is 53.6 Å². The largest absolute Gasteiger partial charge is 0.481 e. The van der Waals surface area contributed by atoms with Crippen LogP contribution in [0.4, 0.5) is 0 Å². The van der Waals surface area contributed by atoms with Crippen LogP contribution >= 0.6 is 0 Å². The fourth-order valence-electron chi connectivity index (χ4n) is 1.87. The van der Waals surface area contributed by atoms with Crippen molar-refractivity contribution < 1.29 is 9.53 Å². The molecule has 20 heavy (non-hydrogen) atoms. The van der Waals surface area contributed by atoms with E-state index < -0.39 is 6.10 Å². The summed E-state index contributed by atoms with van der Waals surface area (Å²) in [5.74, 6) is 1.33. The summed E-state index contributed by atoms with van der Waals surface area (Å²) < 4.78 is 5.81. The lowest BCUT2D eigenvalue weighted by atomic mass is 10.1. The third kappa shape index (κ3) is 5.24. The monoisotopic (exact) mass is 277 g/mol. The Morgan fingerprint density at radius 2 is 1.95 bits per heavy atom. The Balaban J connectivity index is 2.57. The fraction of sp³-hybridized carbons (Fsp3) is 0.588. The molecule has 0 unspecified atom stereocenters. The van der Waals surface area contributed by atoms with Gasteiger partial charge in [-0.15, -0.1) is 0 Å². The number of carbonyl (C=O) groups excluding carboxylic acids is 1. The Kier molecular flexibility index (Phi) is 6.56. The third-order valence-electron chi connectivity index (χ3n) is 3.44. The van der Waals surface area contributed by atoms with Gasteiger partial charge in [0.1, 0.15) is 5.75 Å². The highest BCUT2D eigenvalue weighted by atomic mass is 16.5. The molecule has 0 aliphatic heterocycles. The highest BCUT2D eigenvalue weighted by molar-refractivity contribution is 5.81. The van der Waals surface area contributed by atoms with Crippen LogP contribution in [0, 0.1) is 19.8 Å². The van der Waals surface area contributed by atoms with E-state index in [9.17, 15) is 4.79 Å². The molecule has 0 spiro atoms. The molecule has 0 heterocycles. The van der Waals surface area contributed by atoms with E-state index in [1.54, 1.807) is 0 Å². The molecule has 0 saturated heterocycles. The van der Waals surface area contributed by atoms with Crippen LogP contribution in [-0.2, 0) is 4.79 Å². The molecule has 0 aromatic heterocycles. The summed E-state index contributed by atoms with van der Waals surface area (Å²) >= 11 is 0. The van der Waals surface area contributed by atoms with Crippen molar-refractivity contribution in [2.75, 3.05) is 6.54 Å². The van der Waals surface area contributed by atoms with E-state index in [2.05, 4.69) is 26.1 Å². The van der Waals surface area contributed by atoms with Crippen molar-refractivity contribution in [3.8, 4) is 5.75 Å². The van der Waals surface area contributed by atoms with Crippen LogP contribution < -0.4 is 10.1 Å². The normalized spacial score (nSPS) is 12.3. The summed E-state index contributed by atoms with van der Waals surface area (Å²) in [6.07, 6.45) is 1.25. The van der Waals surface area contributed by atoms with Gasteiger partial charge in [0.25, 0.3) is 5.91 Å². The third-order valence-corrected chi connectivity index (χ3v) is 3.44. The van der Waals surface area contributed by atoms with Crippen LogP contribution in [0.2, 0.25) is 0 Å². The first-order valence-corrected chi connectivity index (χ1v) is 7.45. The predicted molar refractivity (Wildman–Crippen MR) is 83.1 cm³/mol. The number of ether oxygens (including phenoxy) is 1. The van der Waals surface area contributed by atoms with Gasteiger partial charge >= 0.3 is 0 Å². The van der Waals surface area contributed by atoms with Crippen LogP contribution in [0.5, 0.6) is 5.75 Å². The van der Waals surface area contributed by atoms with Crippen molar-refractivity contribution in [1.29, 1.82) is 0 Å². The topological polar surface area (TPSA) is 38.3 Å². The maximum absolute atomic E-state index is 12.1. The van der Waals surface area contributed by atoms with Crippen molar-refractivity contribution >= 4 is 5.91 Å². The average Bonchev–Trinajstić information content (AvgIpc) is 2.39. The van der Waals surface area contributed by atoms with E-state index >= 15 is 0 Å². The number of amides is 1. The zero-order valence-corrected chi connectivity index (χ0v) is 13.3. The SMILES string of the molecule is CC[C@@H](Oc1ccc(C)c(C)c1)C(=O)NCCC(C)C. The lowest BCUT2D eigenvalue weighted by Crippen LogP contribution is -2.38. The summed E-state index contributed by atoms with van der Waals surface area (Å²) in [6, 6.07) is 5.93. The summed E-state index contributed by atoms with van der Waals surface area (Å²) in [6.45, 7) is 11.1. The molecule has 1 N–H and O–H groups in total. The Labute approximate surface area is 122 Å². The summed E-state index contributed by atoms with van der Waals surface area (Å²) in [7, 11) is 0. The molecule has 0 aliphatic rings. The zero-order chi connectivity index (χ0) is 15.1. The first-order valence-electron chi connectivity index (χ1n) is 7.45. The molecule has 1 rings (SSSR count). The number of aryl methyl sites for hydroxylation is 2. The van der Waals surface area contributed by atoms with Crippen LogP contribution in [0.15, 0.2) is 18.2 Å². The fourth-order valence-corrected chi connectivity index (χ4v) is 1.87. The zero-order valence-electron chi connectivity index (χ0n) is 13.3. The molecular formula is C17H27NO2. The number of carbonyl (C=O) groups is 1. The van der Waals surface area contributed by atoms with Crippen LogP contribution in [0.3, 0.4) is 0 Å². The molecule has 0 aliphatic carbocycles. The van der Waals surface area contributed by atoms with E-state index in [0.29, 0.717) is 18.9 Å². The van der Waals surface area contributed by atoms with Gasteiger partial charge in [-0.05, 0) is 55.9 Å². The smallest absolute Gasteiger partial charge is 0.261 e. The number of rotatable bonds is 7. The second-order valence-electron chi connectivity index (χ2n) is 5.73. The Morgan fingerprint density at radius 3 is 2.50 bits per heavy atom. The summed E-state index contributed by atoms with van der Waals surface area (Å²) in [5.41, 5.74) is 2.41. The number of nitrogens with one attached hydrogen (secondary N) is 1. The molecule has 1 amide bonds. The quantitative estimate of drug-likeness (QED) is 0.826. The maximum Gasteiger partial charge on any atom is 0.261 e. The summed E-state index contributed by atoms with van der Waals surface area (Å²) in [5, 5.41) is 2.95. The molecule has 3 heteroatoms. The molecular weight excluding hydrogens is 250 g/mol. The van der Waals surface area contributed by atoms with Gasteiger partial charge in [-0.3, -0.25) is 4.79 Å². The van der Waals surface area contributed by atoms with Crippen molar-refractivity contribution in [1.82, 2.24) is 5.32 Å². The highest BCUT2D eigenvalue weighted by Gasteiger charge is 2.18. The first-order chi connectivity index (χ1) is 9.43. The first kappa shape index (κ1) is 16.5. The van der Waals surface area contributed by atoms with Gasteiger partial charge in [0, 0.05) is 6.54 Å². The average molecular weight is 277 g/mol. The van der Waals surface area contributed by atoms with E-state index in [0.717, 1.165) is 12.2 Å². The molecule has 0 bridgehead atoms. The molecule has 0 radical (unpaired) electrons. The van der Waals surface area contributed by atoms with Crippen LogP contribution in [-0.4, -0.2) is 18.6 Å². The van der Waals surface area contributed by atoms with Gasteiger partial charge in [0.15, 0.2) is 6.10 Å². The van der Waals surface area contributed by atoms with Gasteiger partial charge in [0.2, 0.25) is 0 Å². The lowest BCUT2D eigenvalue weighted by molar-refractivity contribution is -0.128. The number of hydrogen-bond acceptors (Lipinski definition) is 2. The predicted octanol–water partition coefficient (Wildman–Crippen LogP) is 3.62. The molecule has 1 aromatic carbocycles. The second kappa shape index (κ2) is 7.93. The van der Waals surface area contributed by atoms with Crippen molar-refractivity contribution in [3.05, 3.63) is 29.3 Å². The highest BCUT2D eigenvalue weighted by Crippen LogP contribution is 2.18. The molecule has 112 valence electrons. The van der Waals surface area contributed by atoms with E-state index in [-0.39, 0.29) is 5.91 Å². The van der Waals surface area contributed by atoms with E-state index in [4.69, 9.17) is 4.74 Å². The Bertz CT molecular complexity index is 441. The Hall–Kier alpha value is -1.51. The number of hydrogen-bond donors (Lipinski definition) is 1.